The van der Waals surface area contributed by atoms with Crippen molar-refractivity contribution in [2.75, 3.05) is 28.2 Å². The van der Waals surface area contributed by atoms with Crippen molar-refractivity contribution in [3.05, 3.63) is 59.9 Å². The summed E-state index contributed by atoms with van der Waals surface area (Å²) in [7, 11) is 8.50. The van der Waals surface area contributed by atoms with E-state index in [-0.39, 0.29) is 0 Å². The van der Waals surface area contributed by atoms with E-state index in [1.165, 1.54) is 11.1 Å². The highest BCUT2D eigenvalue weighted by Crippen LogP contribution is 2.32. The van der Waals surface area contributed by atoms with E-state index in [9.17, 15) is 5.11 Å². The maximum absolute atomic E-state index is 9.36. The molecule has 2 aromatic rings. The molecule has 0 amide bonds. The summed E-state index contributed by atoms with van der Waals surface area (Å²) in [5.41, 5.74) is 2.65. The van der Waals surface area contributed by atoms with Crippen molar-refractivity contribution in [3.63, 3.8) is 0 Å². The predicted molar refractivity (Wildman–Crippen MR) is 102 cm³/mol. The number of rotatable bonds is 5. The molecule has 2 rings (SSSR count). The SMILES string of the molecule is CCC(CC(C)c1ccncc1)c1ccc(O)cc1.C[N+](C)(C)C. The van der Waals surface area contributed by atoms with Crippen molar-refractivity contribution in [2.45, 2.75) is 38.5 Å². The van der Waals surface area contributed by atoms with Crippen LogP contribution in [0.5, 0.6) is 5.75 Å². The van der Waals surface area contributed by atoms with Crippen molar-refractivity contribution in [1.29, 1.82) is 0 Å². The topological polar surface area (TPSA) is 33.1 Å². The van der Waals surface area contributed by atoms with Gasteiger partial charge in [-0.05, 0) is 60.1 Å². The monoisotopic (exact) mass is 329 g/mol. The fourth-order valence-corrected chi connectivity index (χ4v) is 2.54. The highest BCUT2D eigenvalue weighted by atomic mass is 16.3. The number of pyridine rings is 1. The van der Waals surface area contributed by atoms with Gasteiger partial charge in [-0.25, -0.2) is 0 Å². The smallest absolute Gasteiger partial charge is 0.115 e. The van der Waals surface area contributed by atoms with Gasteiger partial charge < -0.3 is 9.59 Å². The average molecular weight is 330 g/mol. The summed E-state index contributed by atoms with van der Waals surface area (Å²) in [6.45, 7) is 4.48. The Balaban J connectivity index is 0.000000505. The van der Waals surface area contributed by atoms with Gasteiger partial charge in [0, 0.05) is 12.4 Å². The van der Waals surface area contributed by atoms with Gasteiger partial charge in [0.1, 0.15) is 5.75 Å². The van der Waals surface area contributed by atoms with Crippen molar-refractivity contribution < 1.29 is 9.59 Å². The molecular formula is C21H33N2O+. The molecule has 1 N–H and O–H groups in total. The second-order valence-electron chi connectivity index (χ2n) is 7.80. The molecule has 1 heterocycles. The predicted octanol–water partition coefficient (Wildman–Crippen LogP) is 4.80. The molecule has 0 radical (unpaired) electrons. The summed E-state index contributed by atoms with van der Waals surface area (Å²) in [5.74, 6) is 1.38. The molecular weight excluding hydrogens is 296 g/mol. The highest BCUT2D eigenvalue weighted by Gasteiger charge is 2.15. The summed E-state index contributed by atoms with van der Waals surface area (Å²) >= 11 is 0. The van der Waals surface area contributed by atoms with Crippen LogP contribution in [0, 0.1) is 0 Å². The third-order valence-corrected chi connectivity index (χ3v) is 3.77. The molecule has 3 heteroatoms. The van der Waals surface area contributed by atoms with E-state index in [0.29, 0.717) is 17.6 Å². The zero-order valence-corrected chi connectivity index (χ0v) is 16.0. The minimum absolute atomic E-state index is 0.334. The summed E-state index contributed by atoms with van der Waals surface area (Å²) in [6.07, 6.45) is 5.94. The second kappa shape index (κ2) is 9.43. The molecule has 0 fully saturated rings. The van der Waals surface area contributed by atoms with E-state index in [0.717, 1.165) is 17.3 Å². The van der Waals surface area contributed by atoms with E-state index < -0.39 is 0 Å². The van der Waals surface area contributed by atoms with Gasteiger partial charge in [0.15, 0.2) is 0 Å². The lowest BCUT2D eigenvalue weighted by Crippen LogP contribution is -2.27. The van der Waals surface area contributed by atoms with Crippen LogP contribution in [0.3, 0.4) is 0 Å². The van der Waals surface area contributed by atoms with Gasteiger partial charge >= 0.3 is 0 Å². The number of phenols is 1. The Bertz CT molecular complexity index is 567. The third-order valence-electron chi connectivity index (χ3n) is 3.77. The number of quaternary nitrogens is 1. The summed E-state index contributed by atoms with van der Waals surface area (Å²) in [4.78, 5) is 4.07. The fourth-order valence-electron chi connectivity index (χ4n) is 2.54. The van der Waals surface area contributed by atoms with Crippen LogP contribution < -0.4 is 0 Å². The first-order valence-electron chi connectivity index (χ1n) is 8.68. The van der Waals surface area contributed by atoms with Crippen molar-refractivity contribution in [2.24, 2.45) is 0 Å². The fraction of sp³-hybridized carbons (Fsp3) is 0.476. The number of nitrogens with zero attached hydrogens (tertiary/aromatic N) is 2. The summed E-state index contributed by atoms with van der Waals surface area (Å²) < 4.78 is 1.00. The first-order chi connectivity index (χ1) is 11.2. The normalized spacial score (nSPS) is 13.6. The number of aromatic hydroxyl groups is 1. The summed E-state index contributed by atoms with van der Waals surface area (Å²) in [5, 5.41) is 9.36. The quantitative estimate of drug-likeness (QED) is 0.800. The molecule has 0 aliphatic rings. The average Bonchev–Trinajstić information content (AvgIpc) is 2.52. The minimum Gasteiger partial charge on any atom is -0.508 e. The molecule has 0 aliphatic carbocycles. The first kappa shape index (κ1) is 20.2. The molecule has 0 spiro atoms. The Hall–Kier alpha value is -1.87. The Kier molecular flexibility index (Phi) is 7.93. The van der Waals surface area contributed by atoms with E-state index in [4.69, 9.17) is 0 Å². The Morgan fingerprint density at radius 2 is 1.42 bits per heavy atom. The molecule has 0 aliphatic heterocycles. The van der Waals surface area contributed by atoms with Crippen LogP contribution in [-0.4, -0.2) is 42.8 Å². The largest absolute Gasteiger partial charge is 0.508 e. The number of phenolic OH excluding ortho intramolecular Hbond substituents is 1. The second-order valence-corrected chi connectivity index (χ2v) is 7.80. The lowest BCUT2D eigenvalue weighted by Gasteiger charge is -2.20. The zero-order chi connectivity index (χ0) is 18.2. The lowest BCUT2D eigenvalue weighted by molar-refractivity contribution is -0.849. The Morgan fingerprint density at radius 3 is 1.88 bits per heavy atom. The molecule has 24 heavy (non-hydrogen) atoms. The minimum atomic E-state index is 0.334. The molecule has 1 aromatic carbocycles. The first-order valence-corrected chi connectivity index (χ1v) is 8.68. The number of aromatic nitrogens is 1. The molecule has 0 bridgehead atoms. The van der Waals surface area contributed by atoms with Gasteiger partial charge in [0.05, 0.1) is 28.2 Å². The molecule has 3 nitrogen and oxygen atoms in total. The lowest BCUT2D eigenvalue weighted by atomic mass is 9.85. The number of hydrogen-bond acceptors (Lipinski definition) is 2. The molecule has 1 aromatic heterocycles. The van der Waals surface area contributed by atoms with Crippen LogP contribution in [0.1, 0.15) is 49.7 Å². The van der Waals surface area contributed by atoms with E-state index in [2.05, 4.69) is 59.2 Å². The van der Waals surface area contributed by atoms with Gasteiger partial charge in [-0.3, -0.25) is 4.98 Å². The van der Waals surface area contributed by atoms with E-state index >= 15 is 0 Å². The van der Waals surface area contributed by atoms with Crippen molar-refractivity contribution in [1.82, 2.24) is 4.98 Å². The van der Waals surface area contributed by atoms with E-state index in [1.807, 2.05) is 24.5 Å². The molecule has 0 saturated carbocycles. The zero-order valence-electron chi connectivity index (χ0n) is 16.0. The Labute approximate surface area is 147 Å². The standard InChI is InChI=1S/C17H21NO.C4H12N/c1-3-14(16-4-6-17(19)7-5-16)12-13(2)15-8-10-18-11-9-15;1-5(2,3)4/h4-11,13-14,19H,3,12H2,1-2H3;1-4H3/q;+1. The van der Waals surface area contributed by atoms with Gasteiger partial charge in [0.2, 0.25) is 0 Å². The van der Waals surface area contributed by atoms with Crippen LogP contribution >= 0.6 is 0 Å². The maximum atomic E-state index is 9.36. The van der Waals surface area contributed by atoms with Gasteiger partial charge in [-0.1, -0.05) is 26.0 Å². The van der Waals surface area contributed by atoms with Crippen molar-refractivity contribution in [3.8, 4) is 5.75 Å². The van der Waals surface area contributed by atoms with Gasteiger partial charge in [-0.2, -0.15) is 0 Å². The maximum Gasteiger partial charge on any atom is 0.115 e. The highest BCUT2D eigenvalue weighted by molar-refractivity contribution is 5.29. The third kappa shape index (κ3) is 8.11. The van der Waals surface area contributed by atoms with Gasteiger partial charge in [-0.15, -0.1) is 0 Å². The molecule has 2 atom stereocenters. The molecule has 2 unspecified atom stereocenters. The van der Waals surface area contributed by atoms with Crippen LogP contribution in [-0.2, 0) is 0 Å². The molecule has 0 saturated heterocycles. The molecule has 132 valence electrons. The van der Waals surface area contributed by atoms with Crippen LogP contribution in [0.2, 0.25) is 0 Å². The Morgan fingerprint density at radius 1 is 0.917 bits per heavy atom. The van der Waals surface area contributed by atoms with Gasteiger partial charge in [0.25, 0.3) is 0 Å². The number of benzene rings is 1. The van der Waals surface area contributed by atoms with Crippen LogP contribution in [0.4, 0.5) is 0 Å². The van der Waals surface area contributed by atoms with Crippen LogP contribution in [0.15, 0.2) is 48.8 Å². The van der Waals surface area contributed by atoms with Crippen molar-refractivity contribution >= 4 is 0 Å². The van der Waals surface area contributed by atoms with E-state index in [1.54, 1.807) is 12.1 Å². The number of hydrogen-bond donors (Lipinski definition) is 1. The van der Waals surface area contributed by atoms with Crippen LogP contribution in [0.25, 0.3) is 0 Å². The summed E-state index contributed by atoms with van der Waals surface area (Å²) in [6, 6.07) is 11.8.